The number of benzene rings is 9. The van der Waals surface area contributed by atoms with Crippen LogP contribution in [0.15, 0.2) is 237 Å². The van der Waals surface area contributed by atoms with E-state index in [1.165, 1.54) is 64.7 Å². The van der Waals surface area contributed by atoms with Crippen molar-refractivity contribution in [3.63, 3.8) is 0 Å². The molecule has 0 bridgehead atoms. The smallest absolute Gasteiger partial charge is 0.0701 e. The molecule has 0 saturated carbocycles. The molecule has 0 spiro atoms. The molecular weight excluding hydrogens is 707 g/mol. The fourth-order valence-electron chi connectivity index (χ4n) is 8.51. The highest BCUT2D eigenvalue weighted by Crippen LogP contribution is 2.46. The van der Waals surface area contributed by atoms with Crippen molar-refractivity contribution >= 4 is 48.6 Å². The molecule has 1 aromatic heterocycles. The summed E-state index contributed by atoms with van der Waals surface area (Å²) in [5.41, 5.74) is 12.6. The van der Waals surface area contributed by atoms with Crippen LogP contribution >= 0.6 is 11.3 Å². The van der Waals surface area contributed by atoms with Gasteiger partial charge in [0.15, 0.2) is 0 Å². The number of nitrogens with zero attached hydrogens (tertiary/aromatic N) is 1. The quantitative estimate of drug-likeness (QED) is 0.133. The average molecular weight is 746 g/mol. The molecular formula is C55H39NS. The van der Waals surface area contributed by atoms with Crippen molar-refractivity contribution in [3.05, 3.63) is 259 Å². The highest BCUT2D eigenvalue weighted by atomic mass is 32.1. The van der Waals surface area contributed by atoms with Crippen molar-refractivity contribution in [2.24, 2.45) is 0 Å². The minimum atomic E-state index is -0.474. The third-order valence-corrected chi connectivity index (χ3v) is 12.4. The minimum absolute atomic E-state index is 0.474. The van der Waals surface area contributed by atoms with Crippen LogP contribution in [0.4, 0.5) is 17.1 Å². The van der Waals surface area contributed by atoms with Crippen LogP contribution < -0.4 is 4.90 Å². The molecule has 0 unspecified atom stereocenters. The first kappa shape index (κ1) is 34.5. The summed E-state index contributed by atoms with van der Waals surface area (Å²) in [6, 6.07) is 86.0. The van der Waals surface area contributed by atoms with Gasteiger partial charge in [-0.1, -0.05) is 194 Å². The highest BCUT2D eigenvalue weighted by molar-refractivity contribution is 7.25. The van der Waals surface area contributed by atoms with Crippen LogP contribution in [0.1, 0.15) is 22.3 Å². The van der Waals surface area contributed by atoms with E-state index in [9.17, 15) is 0 Å². The Balaban J connectivity index is 1.04. The summed E-state index contributed by atoms with van der Waals surface area (Å²) in [6.45, 7) is 0. The molecule has 2 heteroatoms. The van der Waals surface area contributed by atoms with E-state index in [4.69, 9.17) is 0 Å². The maximum atomic E-state index is 2.37. The molecule has 1 nitrogen and oxygen atoms in total. The number of anilines is 3. The third-order valence-electron chi connectivity index (χ3n) is 11.3. The lowest BCUT2D eigenvalue weighted by Crippen LogP contribution is -2.30. The second-order valence-electron chi connectivity index (χ2n) is 14.5. The van der Waals surface area contributed by atoms with Crippen LogP contribution in [0.2, 0.25) is 0 Å². The van der Waals surface area contributed by atoms with Gasteiger partial charge in [0, 0.05) is 37.2 Å². The molecule has 270 valence electrons. The number of hydrogen-bond donors (Lipinski definition) is 0. The highest BCUT2D eigenvalue weighted by Gasteiger charge is 2.38. The predicted octanol–water partition coefficient (Wildman–Crippen LogP) is 15.2. The van der Waals surface area contributed by atoms with E-state index in [1.54, 1.807) is 0 Å². The Morgan fingerprint density at radius 3 is 1.16 bits per heavy atom. The second-order valence-corrected chi connectivity index (χ2v) is 15.6. The maximum absolute atomic E-state index is 2.37. The molecule has 10 aromatic rings. The van der Waals surface area contributed by atoms with Crippen molar-refractivity contribution < 1.29 is 0 Å². The molecule has 0 aliphatic heterocycles. The zero-order valence-corrected chi connectivity index (χ0v) is 32.2. The van der Waals surface area contributed by atoms with Crippen LogP contribution in [0.25, 0.3) is 42.4 Å². The Hall–Kier alpha value is -7.00. The van der Waals surface area contributed by atoms with Gasteiger partial charge in [0.05, 0.1) is 5.41 Å². The van der Waals surface area contributed by atoms with Gasteiger partial charge in [-0.25, -0.2) is 0 Å². The first-order chi connectivity index (χ1) is 28.3. The molecule has 0 saturated heterocycles. The third kappa shape index (κ3) is 6.31. The molecule has 0 radical (unpaired) electrons. The van der Waals surface area contributed by atoms with Gasteiger partial charge in [-0.2, -0.15) is 0 Å². The Kier molecular flexibility index (Phi) is 9.02. The van der Waals surface area contributed by atoms with E-state index in [0.717, 1.165) is 17.1 Å². The maximum Gasteiger partial charge on any atom is 0.0701 e. The van der Waals surface area contributed by atoms with Gasteiger partial charge in [0.1, 0.15) is 0 Å². The van der Waals surface area contributed by atoms with Gasteiger partial charge in [0.25, 0.3) is 0 Å². The molecule has 57 heavy (non-hydrogen) atoms. The molecule has 0 aliphatic rings. The summed E-state index contributed by atoms with van der Waals surface area (Å²) in [6.07, 6.45) is 0. The SMILES string of the molecule is c1ccc(-c2ccc(N(c3ccc(-c4ccc(C(c5ccccc5)(c5ccccc5)c5ccccc5)cc4)cc3)c3ccc4c(c3)sc3ccccc34)cc2)cc1. The van der Waals surface area contributed by atoms with Crippen LogP contribution in [-0.4, -0.2) is 0 Å². The topological polar surface area (TPSA) is 3.24 Å². The number of rotatable bonds is 9. The summed E-state index contributed by atoms with van der Waals surface area (Å²) in [7, 11) is 0. The van der Waals surface area contributed by atoms with Gasteiger partial charge < -0.3 is 4.90 Å². The van der Waals surface area contributed by atoms with Crippen LogP contribution in [0.3, 0.4) is 0 Å². The lowest BCUT2D eigenvalue weighted by atomic mass is 9.65. The van der Waals surface area contributed by atoms with Crippen molar-refractivity contribution in [1.82, 2.24) is 0 Å². The molecule has 1 heterocycles. The van der Waals surface area contributed by atoms with Crippen LogP contribution in [0.5, 0.6) is 0 Å². The number of fused-ring (bicyclic) bond motifs is 3. The van der Waals surface area contributed by atoms with E-state index in [-0.39, 0.29) is 0 Å². The molecule has 0 atom stereocenters. The van der Waals surface area contributed by atoms with Gasteiger partial charge in [0.2, 0.25) is 0 Å². The van der Waals surface area contributed by atoms with Gasteiger partial charge in [-0.3, -0.25) is 0 Å². The van der Waals surface area contributed by atoms with Gasteiger partial charge in [-0.15, -0.1) is 11.3 Å². The summed E-state index contributed by atoms with van der Waals surface area (Å²) in [5.74, 6) is 0. The summed E-state index contributed by atoms with van der Waals surface area (Å²) in [5, 5.41) is 2.61. The zero-order chi connectivity index (χ0) is 38.0. The van der Waals surface area contributed by atoms with E-state index < -0.39 is 5.41 Å². The van der Waals surface area contributed by atoms with E-state index in [1.807, 2.05) is 11.3 Å². The van der Waals surface area contributed by atoms with Crippen LogP contribution in [0, 0.1) is 0 Å². The Labute approximate surface area is 338 Å². The fraction of sp³-hybridized carbons (Fsp3) is 0.0182. The Bertz CT molecular complexity index is 2800. The second kappa shape index (κ2) is 14.9. The summed E-state index contributed by atoms with van der Waals surface area (Å²) in [4.78, 5) is 2.37. The Morgan fingerprint density at radius 1 is 0.281 bits per heavy atom. The normalized spacial score (nSPS) is 11.5. The molecule has 0 N–H and O–H groups in total. The van der Waals surface area contributed by atoms with Crippen molar-refractivity contribution in [1.29, 1.82) is 0 Å². The standard InChI is InChI=1S/C55H39NS/c1-5-15-40(16-6-1)42-27-33-48(34-28-42)56(50-37-38-52-51-23-13-14-24-53(51)57-54(52)39-50)49-35-29-43(30-36-49)41-25-31-47(32-26-41)55(44-17-7-2-8-18-44,45-19-9-3-10-20-45)46-21-11-4-12-22-46/h1-39H. The lowest BCUT2D eigenvalue weighted by Gasteiger charge is -2.37. The van der Waals surface area contributed by atoms with Crippen LogP contribution in [-0.2, 0) is 5.41 Å². The molecule has 0 aliphatic carbocycles. The average Bonchev–Trinajstić information content (AvgIpc) is 3.67. The predicted molar refractivity (Wildman–Crippen MR) is 243 cm³/mol. The number of thiophene rings is 1. The Morgan fingerprint density at radius 2 is 0.649 bits per heavy atom. The van der Waals surface area contributed by atoms with Crippen molar-refractivity contribution in [3.8, 4) is 22.3 Å². The number of hydrogen-bond acceptors (Lipinski definition) is 2. The monoisotopic (exact) mass is 745 g/mol. The molecule has 9 aromatic carbocycles. The summed E-state index contributed by atoms with van der Waals surface area (Å²) >= 11 is 1.85. The minimum Gasteiger partial charge on any atom is -0.310 e. The van der Waals surface area contributed by atoms with E-state index in [0.29, 0.717) is 0 Å². The summed E-state index contributed by atoms with van der Waals surface area (Å²) < 4.78 is 2.60. The zero-order valence-electron chi connectivity index (χ0n) is 31.4. The largest absolute Gasteiger partial charge is 0.310 e. The van der Waals surface area contributed by atoms with Crippen molar-refractivity contribution in [2.45, 2.75) is 5.41 Å². The van der Waals surface area contributed by atoms with Gasteiger partial charge >= 0.3 is 0 Å². The lowest BCUT2D eigenvalue weighted by molar-refractivity contribution is 0.745. The molecule has 0 amide bonds. The first-order valence-electron chi connectivity index (χ1n) is 19.5. The fourth-order valence-corrected chi connectivity index (χ4v) is 9.65. The van der Waals surface area contributed by atoms with Crippen molar-refractivity contribution in [2.75, 3.05) is 4.90 Å². The molecule has 0 fully saturated rings. The first-order valence-corrected chi connectivity index (χ1v) is 20.3. The van der Waals surface area contributed by atoms with Gasteiger partial charge in [-0.05, 0) is 87.0 Å². The molecule has 10 rings (SSSR count). The van der Waals surface area contributed by atoms with E-state index in [2.05, 4.69) is 241 Å². The van der Waals surface area contributed by atoms with E-state index >= 15 is 0 Å².